The van der Waals surface area contributed by atoms with Crippen LogP contribution in [-0.2, 0) is 4.57 Å². The average Bonchev–Trinajstić information content (AvgIpc) is 2.55. The van der Waals surface area contributed by atoms with Crippen molar-refractivity contribution in [2.75, 3.05) is 12.7 Å². The van der Waals surface area contributed by atoms with Gasteiger partial charge in [0.1, 0.15) is 7.14 Å². The highest BCUT2D eigenvalue weighted by Crippen LogP contribution is 2.56. The van der Waals surface area contributed by atoms with Crippen LogP contribution in [0.4, 0.5) is 0 Å². The summed E-state index contributed by atoms with van der Waals surface area (Å²) in [5, 5.41) is 4.28. The third-order valence-electron chi connectivity index (χ3n) is 4.43. The van der Waals surface area contributed by atoms with E-state index in [2.05, 4.69) is 57.3 Å². The second kappa shape index (κ2) is 7.47. The van der Waals surface area contributed by atoms with Gasteiger partial charge in [-0.3, -0.25) is 0 Å². The molecule has 3 heteroatoms. The van der Waals surface area contributed by atoms with Crippen molar-refractivity contribution in [3.8, 4) is 0 Å². The summed E-state index contributed by atoms with van der Waals surface area (Å²) >= 11 is 0. The summed E-state index contributed by atoms with van der Waals surface area (Å²) in [6.45, 7) is 9.16. The van der Waals surface area contributed by atoms with E-state index in [1.165, 1.54) is 5.56 Å². The van der Waals surface area contributed by atoms with Crippen molar-refractivity contribution in [1.82, 2.24) is 5.32 Å². The zero-order valence-electron chi connectivity index (χ0n) is 14.6. The molecule has 2 aromatic rings. The van der Waals surface area contributed by atoms with E-state index in [1.54, 1.807) is 0 Å². The number of benzene rings is 2. The molecule has 0 aliphatic heterocycles. The van der Waals surface area contributed by atoms with E-state index in [9.17, 15) is 4.57 Å². The Bertz CT molecular complexity index is 646. The van der Waals surface area contributed by atoms with Crippen LogP contribution >= 0.6 is 7.14 Å². The Balaban J connectivity index is 2.07. The highest BCUT2D eigenvalue weighted by Gasteiger charge is 2.37. The van der Waals surface area contributed by atoms with Crippen LogP contribution in [0.5, 0.6) is 0 Å². The van der Waals surface area contributed by atoms with Crippen molar-refractivity contribution >= 4 is 12.4 Å². The molecule has 2 aromatic carbocycles. The lowest BCUT2D eigenvalue weighted by molar-refractivity contribution is 0.545. The van der Waals surface area contributed by atoms with Crippen LogP contribution in [-0.4, -0.2) is 17.9 Å². The molecule has 2 rings (SSSR count). The van der Waals surface area contributed by atoms with Crippen LogP contribution in [0.2, 0.25) is 0 Å². The molecule has 0 aliphatic rings. The summed E-state index contributed by atoms with van der Waals surface area (Å²) in [6, 6.07) is 20.6. The fraction of sp³-hybridized carbons (Fsp3) is 0.400. The number of nitrogens with one attached hydrogen (secondary N) is 1. The third-order valence-corrected chi connectivity index (χ3v) is 8.59. The molecular formula is C20H28NOP. The Morgan fingerprint density at radius 3 is 2.00 bits per heavy atom. The van der Waals surface area contributed by atoms with Crippen LogP contribution in [0.3, 0.4) is 0 Å². The zero-order valence-corrected chi connectivity index (χ0v) is 15.5. The third kappa shape index (κ3) is 4.34. The van der Waals surface area contributed by atoms with E-state index >= 15 is 0 Å². The topological polar surface area (TPSA) is 29.1 Å². The molecule has 0 spiro atoms. The van der Waals surface area contributed by atoms with Gasteiger partial charge in [0.2, 0.25) is 0 Å². The monoisotopic (exact) mass is 329 g/mol. The van der Waals surface area contributed by atoms with Gasteiger partial charge in [0.25, 0.3) is 0 Å². The minimum absolute atomic E-state index is 0.230. The van der Waals surface area contributed by atoms with Gasteiger partial charge in [-0.2, -0.15) is 0 Å². The standard InChI is InChI=1S/C20H28NOP/c1-17(18-11-7-5-8-12-18)21-15-16-23(22,20(2,3)4)19-13-9-6-10-14-19/h5-14,17,21H,15-16H2,1-4H3/t17-,23?/m1/s1. The number of hydrogen-bond acceptors (Lipinski definition) is 2. The van der Waals surface area contributed by atoms with Gasteiger partial charge in [0.05, 0.1) is 0 Å². The minimum Gasteiger partial charge on any atom is -0.318 e. The molecule has 0 amide bonds. The van der Waals surface area contributed by atoms with Gasteiger partial charge < -0.3 is 9.88 Å². The quantitative estimate of drug-likeness (QED) is 0.770. The number of hydrogen-bond donors (Lipinski definition) is 1. The van der Waals surface area contributed by atoms with E-state index < -0.39 is 7.14 Å². The van der Waals surface area contributed by atoms with Crippen LogP contribution in [0, 0.1) is 0 Å². The molecule has 2 nitrogen and oxygen atoms in total. The molecule has 1 N–H and O–H groups in total. The Kier molecular flexibility index (Phi) is 5.84. The lowest BCUT2D eigenvalue weighted by Gasteiger charge is -2.32. The molecule has 0 saturated carbocycles. The van der Waals surface area contributed by atoms with Gasteiger partial charge in [0.15, 0.2) is 0 Å². The number of rotatable bonds is 6. The van der Waals surface area contributed by atoms with Crippen molar-refractivity contribution in [3.63, 3.8) is 0 Å². The molecule has 0 heterocycles. The largest absolute Gasteiger partial charge is 0.318 e. The van der Waals surface area contributed by atoms with Crippen molar-refractivity contribution in [3.05, 3.63) is 66.2 Å². The van der Waals surface area contributed by atoms with Crippen molar-refractivity contribution < 1.29 is 4.57 Å². The summed E-state index contributed by atoms with van der Waals surface area (Å²) in [7, 11) is -2.47. The van der Waals surface area contributed by atoms with E-state index in [4.69, 9.17) is 0 Å². The summed E-state index contributed by atoms with van der Waals surface area (Å²) in [5.74, 6) is 0. The van der Waals surface area contributed by atoms with Gasteiger partial charge in [-0.05, 0) is 12.5 Å². The molecule has 2 atom stereocenters. The minimum atomic E-state index is -2.47. The van der Waals surface area contributed by atoms with Crippen molar-refractivity contribution in [1.29, 1.82) is 0 Å². The summed E-state index contributed by atoms with van der Waals surface area (Å²) in [6.07, 6.45) is 0.678. The van der Waals surface area contributed by atoms with Crippen LogP contribution < -0.4 is 10.6 Å². The first kappa shape index (κ1) is 18.0. The van der Waals surface area contributed by atoms with E-state index in [1.807, 2.05) is 36.4 Å². The Morgan fingerprint density at radius 1 is 0.957 bits per heavy atom. The normalized spacial score (nSPS) is 15.8. The molecule has 124 valence electrons. The molecule has 0 saturated heterocycles. The predicted molar refractivity (Wildman–Crippen MR) is 101 cm³/mol. The fourth-order valence-corrected chi connectivity index (χ4v) is 5.62. The Hall–Kier alpha value is -1.37. The van der Waals surface area contributed by atoms with E-state index in [0.717, 1.165) is 11.8 Å². The van der Waals surface area contributed by atoms with E-state index in [0.29, 0.717) is 6.16 Å². The summed E-state index contributed by atoms with van der Waals surface area (Å²) in [5.41, 5.74) is 1.26. The van der Waals surface area contributed by atoms with Crippen molar-refractivity contribution in [2.45, 2.75) is 38.9 Å². The van der Waals surface area contributed by atoms with Crippen molar-refractivity contribution in [2.24, 2.45) is 0 Å². The van der Waals surface area contributed by atoms with Gasteiger partial charge >= 0.3 is 0 Å². The molecule has 1 unspecified atom stereocenters. The molecule has 0 aromatic heterocycles. The second-order valence-corrected chi connectivity index (χ2v) is 10.8. The highest BCUT2D eigenvalue weighted by atomic mass is 31.2. The first-order valence-electron chi connectivity index (χ1n) is 8.28. The smallest absolute Gasteiger partial charge is 0.121 e. The average molecular weight is 329 g/mol. The van der Waals surface area contributed by atoms with Gasteiger partial charge in [-0.15, -0.1) is 0 Å². The molecule has 0 fully saturated rings. The summed E-state index contributed by atoms with van der Waals surface area (Å²) < 4.78 is 13.7. The molecule has 0 bridgehead atoms. The van der Waals surface area contributed by atoms with Gasteiger partial charge in [-0.1, -0.05) is 81.4 Å². The fourth-order valence-electron chi connectivity index (χ4n) is 2.82. The molecule has 0 aliphatic carbocycles. The molecule has 0 radical (unpaired) electrons. The Labute approximate surface area is 140 Å². The maximum absolute atomic E-state index is 13.7. The Morgan fingerprint density at radius 2 is 1.48 bits per heavy atom. The SMILES string of the molecule is C[C@@H](NCCP(=O)(c1ccccc1)C(C)(C)C)c1ccccc1. The zero-order chi connectivity index (χ0) is 16.9. The van der Waals surface area contributed by atoms with Crippen LogP contribution in [0.15, 0.2) is 60.7 Å². The predicted octanol–water partition coefficient (Wildman–Crippen LogP) is 4.82. The van der Waals surface area contributed by atoms with Gasteiger partial charge in [0, 0.05) is 29.2 Å². The second-order valence-electron chi connectivity index (χ2n) is 7.06. The first-order valence-corrected chi connectivity index (χ1v) is 10.2. The lowest BCUT2D eigenvalue weighted by Crippen LogP contribution is -2.30. The lowest BCUT2D eigenvalue weighted by atomic mass is 10.1. The van der Waals surface area contributed by atoms with Crippen LogP contribution in [0.25, 0.3) is 0 Å². The van der Waals surface area contributed by atoms with Crippen LogP contribution in [0.1, 0.15) is 39.3 Å². The van der Waals surface area contributed by atoms with E-state index in [-0.39, 0.29) is 11.2 Å². The maximum Gasteiger partial charge on any atom is 0.121 e. The highest BCUT2D eigenvalue weighted by molar-refractivity contribution is 7.73. The van der Waals surface area contributed by atoms with Gasteiger partial charge in [-0.25, -0.2) is 0 Å². The first-order chi connectivity index (χ1) is 10.8. The summed E-state index contributed by atoms with van der Waals surface area (Å²) in [4.78, 5) is 0. The molecular weight excluding hydrogens is 301 g/mol. The molecule has 23 heavy (non-hydrogen) atoms. The maximum atomic E-state index is 13.7.